The van der Waals surface area contributed by atoms with Crippen LogP contribution in [0.2, 0.25) is 0 Å². The molecule has 0 amide bonds. The van der Waals surface area contributed by atoms with E-state index in [9.17, 15) is 4.79 Å². The molecule has 1 aliphatic rings. The van der Waals surface area contributed by atoms with E-state index in [1.54, 1.807) is 0 Å². The lowest BCUT2D eigenvalue weighted by atomic mass is 10.1. The molecule has 2 atom stereocenters. The summed E-state index contributed by atoms with van der Waals surface area (Å²) in [6.45, 7) is 11.4. The molecule has 1 saturated carbocycles. The molecule has 0 aliphatic heterocycles. The van der Waals surface area contributed by atoms with Crippen LogP contribution in [-0.2, 0) is 14.3 Å². The highest BCUT2D eigenvalue weighted by Gasteiger charge is 2.58. The maximum atomic E-state index is 11.3. The van der Waals surface area contributed by atoms with Crippen molar-refractivity contribution in [1.82, 2.24) is 0 Å². The van der Waals surface area contributed by atoms with Gasteiger partial charge in [0.1, 0.15) is 0 Å². The van der Waals surface area contributed by atoms with Crippen LogP contribution < -0.4 is 0 Å². The fourth-order valence-electron chi connectivity index (χ4n) is 2.27. The maximum absolute atomic E-state index is 11.3. The van der Waals surface area contributed by atoms with Crippen LogP contribution >= 0.6 is 0 Å². The predicted molar refractivity (Wildman–Crippen MR) is 62.8 cm³/mol. The number of rotatable bonds is 7. The highest BCUT2D eigenvalue weighted by molar-refractivity contribution is 5.71. The fraction of sp³-hybridized carbons (Fsp3) is 0.769. The second-order valence-corrected chi connectivity index (χ2v) is 4.97. The van der Waals surface area contributed by atoms with E-state index < -0.39 is 0 Å². The van der Waals surface area contributed by atoms with E-state index in [4.69, 9.17) is 9.47 Å². The van der Waals surface area contributed by atoms with Gasteiger partial charge in [-0.25, -0.2) is 0 Å². The van der Waals surface area contributed by atoms with Crippen molar-refractivity contribution in [3.63, 3.8) is 0 Å². The monoisotopic (exact) mass is 226 g/mol. The molecular weight excluding hydrogens is 204 g/mol. The van der Waals surface area contributed by atoms with Gasteiger partial charge >= 0.3 is 5.97 Å². The highest BCUT2D eigenvalue weighted by atomic mass is 16.5. The Morgan fingerprint density at radius 1 is 1.44 bits per heavy atom. The molecular formula is C13H22O3. The molecule has 1 rings (SSSR count). The van der Waals surface area contributed by atoms with E-state index in [1.165, 1.54) is 6.26 Å². The zero-order chi connectivity index (χ0) is 12.2. The number of carbonyl (C=O) groups is 1. The molecule has 0 heterocycles. The lowest BCUT2D eigenvalue weighted by Crippen LogP contribution is -2.04. The lowest BCUT2D eigenvalue weighted by Gasteiger charge is -2.03. The van der Waals surface area contributed by atoms with Crippen LogP contribution in [0.1, 0.15) is 33.6 Å². The summed E-state index contributed by atoms with van der Waals surface area (Å²) in [5, 5.41) is 0. The van der Waals surface area contributed by atoms with Crippen LogP contribution in [0.15, 0.2) is 12.8 Å². The number of hydrogen-bond donors (Lipinski definition) is 0. The quantitative estimate of drug-likeness (QED) is 0.380. The van der Waals surface area contributed by atoms with E-state index in [0.717, 1.165) is 19.6 Å². The SMILES string of the molecule is C=COC(=O)CC1C(COCCC)C1(C)C. The smallest absolute Gasteiger partial charge is 0.310 e. The van der Waals surface area contributed by atoms with Crippen molar-refractivity contribution in [2.45, 2.75) is 33.6 Å². The van der Waals surface area contributed by atoms with Gasteiger partial charge in [0.05, 0.1) is 12.9 Å². The summed E-state index contributed by atoms with van der Waals surface area (Å²) in [4.78, 5) is 11.3. The standard InChI is InChI=1S/C13H22O3/c1-5-7-15-9-11-10(13(11,3)4)8-12(14)16-6-2/h6,10-11H,2,5,7-9H2,1,3-4H3. The maximum Gasteiger partial charge on any atom is 0.310 e. The summed E-state index contributed by atoms with van der Waals surface area (Å²) < 4.78 is 10.3. The molecule has 0 bridgehead atoms. The largest absolute Gasteiger partial charge is 0.435 e. The van der Waals surface area contributed by atoms with E-state index in [2.05, 4.69) is 27.4 Å². The van der Waals surface area contributed by atoms with Gasteiger partial charge in [-0.05, 0) is 23.7 Å². The topological polar surface area (TPSA) is 35.5 Å². The zero-order valence-corrected chi connectivity index (χ0v) is 10.5. The summed E-state index contributed by atoms with van der Waals surface area (Å²) in [5.74, 6) is 0.680. The third-order valence-corrected chi connectivity index (χ3v) is 3.54. The predicted octanol–water partition coefficient (Wildman–Crippen LogP) is 2.76. The Kier molecular flexibility index (Phi) is 4.54. The summed E-state index contributed by atoms with van der Waals surface area (Å²) in [6.07, 6.45) is 2.70. The van der Waals surface area contributed by atoms with Gasteiger partial charge in [-0.2, -0.15) is 0 Å². The Labute approximate surface area is 97.8 Å². The lowest BCUT2D eigenvalue weighted by molar-refractivity contribution is -0.138. The molecule has 3 nitrogen and oxygen atoms in total. The average Bonchev–Trinajstić information content (AvgIpc) is 2.70. The minimum atomic E-state index is -0.189. The van der Waals surface area contributed by atoms with Crippen LogP contribution in [-0.4, -0.2) is 19.2 Å². The molecule has 0 aromatic carbocycles. The van der Waals surface area contributed by atoms with Gasteiger partial charge in [0.15, 0.2) is 0 Å². The molecule has 0 spiro atoms. The number of carbonyl (C=O) groups excluding carboxylic acids is 1. The second kappa shape index (κ2) is 5.48. The van der Waals surface area contributed by atoms with Crippen LogP contribution in [0.3, 0.4) is 0 Å². The Bertz CT molecular complexity index is 258. The van der Waals surface area contributed by atoms with Gasteiger partial charge in [0.25, 0.3) is 0 Å². The molecule has 3 heteroatoms. The van der Waals surface area contributed by atoms with Crippen molar-refractivity contribution in [1.29, 1.82) is 0 Å². The van der Waals surface area contributed by atoms with Crippen LogP contribution in [0.25, 0.3) is 0 Å². The van der Waals surface area contributed by atoms with Crippen molar-refractivity contribution in [3.8, 4) is 0 Å². The Morgan fingerprint density at radius 2 is 2.12 bits per heavy atom. The molecule has 2 unspecified atom stereocenters. The molecule has 0 aromatic heterocycles. The zero-order valence-electron chi connectivity index (χ0n) is 10.5. The molecule has 92 valence electrons. The van der Waals surface area contributed by atoms with Crippen LogP contribution in [0.5, 0.6) is 0 Å². The molecule has 0 aromatic rings. The molecule has 16 heavy (non-hydrogen) atoms. The van der Waals surface area contributed by atoms with Crippen molar-refractivity contribution in [3.05, 3.63) is 12.8 Å². The van der Waals surface area contributed by atoms with E-state index in [1.807, 2.05) is 0 Å². The van der Waals surface area contributed by atoms with Gasteiger partial charge in [-0.1, -0.05) is 27.4 Å². The summed E-state index contributed by atoms with van der Waals surface area (Å²) >= 11 is 0. The van der Waals surface area contributed by atoms with E-state index in [-0.39, 0.29) is 11.4 Å². The third-order valence-electron chi connectivity index (χ3n) is 3.54. The first kappa shape index (κ1) is 13.2. The molecule has 1 fully saturated rings. The van der Waals surface area contributed by atoms with E-state index >= 15 is 0 Å². The van der Waals surface area contributed by atoms with Crippen LogP contribution in [0, 0.1) is 17.3 Å². The molecule has 0 saturated heterocycles. The number of hydrogen-bond acceptors (Lipinski definition) is 3. The van der Waals surface area contributed by atoms with Crippen LogP contribution in [0.4, 0.5) is 0 Å². The second-order valence-electron chi connectivity index (χ2n) is 4.97. The van der Waals surface area contributed by atoms with E-state index in [0.29, 0.717) is 18.3 Å². The normalized spacial score (nSPS) is 26.2. The van der Waals surface area contributed by atoms with Gasteiger partial charge in [-0.15, -0.1) is 0 Å². The molecule has 1 aliphatic carbocycles. The number of ether oxygens (including phenoxy) is 2. The summed E-state index contributed by atoms with van der Waals surface area (Å²) in [5.41, 5.74) is 0.202. The first-order valence-electron chi connectivity index (χ1n) is 5.92. The minimum Gasteiger partial charge on any atom is -0.435 e. The van der Waals surface area contributed by atoms with Gasteiger partial charge in [-0.3, -0.25) is 4.79 Å². The van der Waals surface area contributed by atoms with Crippen molar-refractivity contribution in [2.75, 3.05) is 13.2 Å². The van der Waals surface area contributed by atoms with Crippen molar-refractivity contribution < 1.29 is 14.3 Å². The van der Waals surface area contributed by atoms with Gasteiger partial charge in [0.2, 0.25) is 0 Å². The van der Waals surface area contributed by atoms with Crippen molar-refractivity contribution in [2.24, 2.45) is 17.3 Å². The molecule has 0 N–H and O–H groups in total. The first-order chi connectivity index (χ1) is 7.54. The third kappa shape index (κ3) is 3.08. The van der Waals surface area contributed by atoms with Gasteiger partial charge in [0, 0.05) is 13.0 Å². The highest BCUT2D eigenvalue weighted by Crippen LogP contribution is 2.60. The fourth-order valence-corrected chi connectivity index (χ4v) is 2.27. The van der Waals surface area contributed by atoms with Crippen molar-refractivity contribution >= 4 is 5.97 Å². The first-order valence-corrected chi connectivity index (χ1v) is 5.92. The Hall–Kier alpha value is -0.830. The Morgan fingerprint density at radius 3 is 2.69 bits per heavy atom. The minimum absolute atomic E-state index is 0.189. The molecule has 0 radical (unpaired) electrons. The van der Waals surface area contributed by atoms with Gasteiger partial charge < -0.3 is 9.47 Å². The average molecular weight is 226 g/mol. The summed E-state index contributed by atoms with van der Waals surface area (Å²) in [6, 6.07) is 0. The summed E-state index contributed by atoms with van der Waals surface area (Å²) in [7, 11) is 0. The Balaban J connectivity index is 2.32. The number of esters is 1.